The first-order valence-corrected chi connectivity index (χ1v) is 10.4. The van der Waals surface area contributed by atoms with Gasteiger partial charge in [0.2, 0.25) is 5.91 Å². The molecular weight excluding hydrogens is 368 g/mol. The van der Waals surface area contributed by atoms with Crippen molar-refractivity contribution in [2.75, 3.05) is 6.54 Å². The number of thiophene rings is 2. The summed E-state index contributed by atoms with van der Waals surface area (Å²) in [6, 6.07) is 8.09. The monoisotopic (exact) mass is 394 g/mol. The van der Waals surface area contributed by atoms with Gasteiger partial charge < -0.3 is 15.0 Å². The Hall–Kier alpha value is -1.86. The lowest BCUT2D eigenvalue weighted by Gasteiger charge is -2.22. The van der Waals surface area contributed by atoms with Crippen LogP contribution in [0.15, 0.2) is 35.0 Å². The van der Waals surface area contributed by atoms with Gasteiger partial charge in [-0.1, -0.05) is 12.1 Å². The summed E-state index contributed by atoms with van der Waals surface area (Å²) in [5.41, 5.74) is -0.516. The predicted octanol–water partition coefficient (Wildman–Crippen LogP) is 4.64. The molecule has 0 aliphatic heterocycles. The van der Waals surface area contributed by atoms with Crippen LogP contribution in [0.2, 0.25) is 0 Å². The van der Waals surface area contributed by atoms with Crippen molar-refractivity contribution in [3.63, 3.8) is 0 Å². The van der Waals surface area contributed by atoms with E-state index in [1.165, 1.54) is 9.75 Å². The summed E-state index contributed by atoms with van der Waals surface area (Å²) < 4.78 is 5.19. The molecule has 0 spiro atoms. The van der Waals surface area contributed by atoms with E-state index in [4.69, 9.17) is 4.74 Å². The van der Waals surface area contributed by atoms with Crippen LogP contribution < -0.4 is 5.32 Å². The van der Waals surface area contributed by atoms with Crippen LogP contribution in [0.4, 0.5) is 4.79 Å². The number of nitrogens with zero attached hydrogens (tertiary/aromatic N) is 1. The van der Waals surface area contributed by atoms with Gasteiger partial charge in [0.15, 0.2) is 0 Å². The molecule has 2 amide bonds. The SMILES string of the molecule is CC(C)(C)OC(=O)NCCCC(=O)N(Cc1cccs1)Cc1cccs1. The molecule has 0 saturated carbocycles. The number of rotatable bonds is 8. The molecular formula is C19H26N2O3S2. The van der Waals surface area contributed by atoms with Gasteiger partial charge in [0, 0.05) is 22.7 Å². The van der Waals surface area contributed by atoms with Gasteiger partial charge in [-0.25, -0.2) is 4.79 Å². The van der Waals surface area contributed by atoms with Crippen molar-refractivity contribution in [2.24, 2.45) is 0 Å². The van der Waals surface area contributed by atoms with E-state index in [0.29, 0.717) is 32.5 Å². The van der Waals surface area contributed by atoms with Gasteiger partial charge >= 0.3 is 6.09 Å². The molecule has 0 aromatic carbocycles. The quantitative estimate of drug-likeness (QED) is 0.663. The number of carbonyl (C=O) groups excluding carboxylic acids is 2. The summed E-state index contributed by atoms with van der Waals surface area (Å²) in [5.74, 6) is 0.0952. The molecule has 0 radical (unpaired) electrons. The number of nitrogens with one attached hydrogen (secondary N) is 1. The molecule has 0 unspecified atom stereocenters. The van der Waals surface area contributed by atoms with E-state index in [0.717, 1.165) is 0 Å². The van der Waals surface area contributed by atoms with Gasteiger partial charge in [-0.3, -0.25) is 4.79 Å². The Morgan fingerprint density at radius 1 is 1.08 bits per heavy atom. The molecule has 0 aliphatic carbocycles. The molecule has 0 saturated heterocycles. The minimum absolute atomic E-state index is 0.0952. The van der Waals surface area contributed by atoms with E-state index in [1.807, 2.05) is 60.7 Å². The van der Waals surface area contributed by atoms with Gasteiger partial charge in [0.05, 0.1) is 13.1 Å². The van der Waals surface area contributed by atoms with Gasteiger partial charge in [0.25, 0.3) is 0 Å². The van der Waals surface area contributed by atoms with Crippen molar-refractivity contribution in [1.82, 2.24) is 10.2 Å². The molecule has 0 fully saturated rings. The van der Waals surface area contributed by atoms with Gasteiger partial charge in [-0.2, -0.15) is 0 Å². The fourth-order valence-corrected chi connectivity index (χ4v) is 3.75. The second-order valence-corrected chi connectivity index (χ2v) is 9.01. The van der Waals surface area contributed by atoms with E-state index < -0.39 is 11.7 Å². The van der Waals surface area contributed by atoms with Crippen LogP contribution >= 0.6 is 22.7 Å². The third-order valence-corrected chi connectivity index (χ3v) is 5.16. The molecule has 7 heteroatoms. The van der Waals surface area contributed by atoms with E-state index in [-0.39, 0.29) is 5.91 Å². The maximum Gasteiger partial charge on any atom is 0.407 e. The highest BCUT2D eigenvalue weighted by Gasteiger charge is 2.17. The summed E-state index contributed by atoms with van der Waals surface area (Å²) >= 11 is 3.31. The van der Waals surface area contributed by atoms with Crippen molar-refractivity contribution < 1.29 is 14.3 Å². The van der Waals surface area contributed by atoms with Crippen LogP contribution in [-0.2, 0) is 22.6 Å². The molecule has 1 N–H and O–H groups in total. The van der Waals surface area contributed by atoms with Crippen LogP contribution in [0.25, 0.3) is 0 Å². The molecule has 142 valence electrons. The second-order valence-electron chi connectivity index (χ2n) is 6.94. The lowest BCUT2D eigenvalue weighted by Crippen LogP contribution is -2.34. The van der Waals surface area contributed by atoms with Crippen molar-refractivity contribution in [2.45, 2.75) is 52.3 Å². The maximum atomic E-state index is 12.7. The Morgan fingerprint density at radius 3 is 2.12 bits per heavy atom. The highest BCUT2D eigenvalue weighted by molar-refractivity contribution is 7.10. The van der Waals surface area contributed by atoms with Crippen LogP contribution in [-0.4, -0.2) is 29.0 Å². The molecule has 2 heterocycles. The highest BCUT2D eigenvalue weighted by atomic mass is 32.1. The third-order valence-electron chi connectivity index (χ3n) is 3.44. The van der Waals surface area contributed by atoms with Crippen molar-refractivity contribution in [3.05, 3.63) is 44.8 Å². The zero-order valence-electron chi connectivity index (χ0n) is 15.5. The first kappa shape index (κ1) is 20.5. The molecule has 26 heavy (non-hydrogen) atoms. The lowest BCUT2D eigenvalue weighted by molar-refractivity contribution is -0.132. The van der Waals surface area contributed by atoms with Crippen molar-refractivity contribution in [1.29, 1.82) is 0 Å². The van der Waals surface area contributed by atoms with E-state index in [2.05, 4.69) is 5.32 Å². The molecule has 0 aliphatic rings. The summed E-state index contributed by atoms with van der Waals surface area (Å²) in [7, 11) is 0. The summed E-state index contributed by atoms with van der Waals surface area (Å²) in [6.07, 6.45) is 0.537. The van der Waals surface area contributed by atoms with Gasteiger partial charge in [-0.05, 0) is 50.1 Å². The van der Waals surface area contributed by atoms with Gasteiger partial charge in [-0.15, -0.1) is 22.7 Å². The van der Waals surface area contributed by atoms with Crippen molar-refractivity contribution >= 4 is 34.7 Å². The van der Waals surface area contributed by atoms with Crippen LogP contribution in [0.3, 0.4) is 0 Å². The molecule has 0 atom stereocenters. The lowest BCUT2D eigenvalue weighted by atomic mass is 10.2. The minimum atomic E-state index is -0.516. The first-order chi connectivity index (χ1) is 12.3. The molecule has 2 aromatic heterocycles. The molecule has 5 nitrogen and oxygen atoms in total. The largest absolute Gasteiger partial charge is 0.444 e. The number of hydrogen-bond acceptors (Lipinski definition) is 5. The van der Waals surface area contributed by atoms with E-state index >= 15 is 0 Å². The number of ether oxygens (including phenoxy) is 1. The summed E-state index contributed by atoms with van der Waals surface area (Å²) in [5, 5.41) is 6.74. The number of carbonyl (C=O) groups is 2. The Balaban J connectivity index is 1.81. The average Bonchev–Trinajstić information content (AvgIpc) is 3.22. The van der Waals surface area contributed by atoms with E-state index in [9.17, 15) is 9.59 Å². The van der Waals surface area contributed by atoms with Gasteiger partial charge in [0.1, 0.15) is 5.60 Å². The number of amides is 2. The first-order valence-electron chi connectivity index (χ1n) is 8.63. The smallest absolute Gasteiger partial charge is 0.407 e. The summed E-state index contributed by atoms with van der Waals surface area (Å²) in [6.45, 7) is 7.13. The Morgan fingerprint density at radius 2 is 1.65 bits per heavy atom. The molecule has 0 bridgehead atoms. The Labute approximate surface area is 163 Å². The van der Waals surface area contributed by atoms with Crippen LogP contribution in [0, 0.1) is 0 Å². The Bertz CT molecular complexity index is 640. The fraction of sp³-hybridized carbons (Fsp3) is 0.474. The normalized spacial score (nSPS) is 11.2. The topological polar surface area (TPSA) is 58.6 Å². The Kier molecular flexibility index (Phi) is 7.66. The standard InChI is InChI=1S/C19H26N2O3S2/c1-19(2,3)24-18(23)20-10-4-9-17(22)21(13-15-7-5-11-25-15)14-16-8-6-12-26-16/h5-8,11-12H,4,9-10,13-14H2,1-3H3,(H,20,23). The second kappa shape index (κ2) is 9.73. The number of alkyl carbamates (subject to hydrolysis) is 1. The van der Waals surface area contributed by atoms with E-state index in [1.54, 1.807) is 22.7 Å². The molecule has 2 aromatic rings. The third kappa shape index (κ3) is 7.58. The van der Waals surface area contributed by atoms with Crippen LogP contribution in [0.5, 0.6) is 0 Å². The average molecular weight is 395 g/mol. The predicted molar refractivity (Wildman–Crippen MR) is 106 cm³/mol. The summed E-state index contributed by atoms with van der Waals surface area (Å²) in [4.78, 5) is 28.5. The fourth-order valence-electron chi connectivity index (χ4n) is 2.32. The molecule has 2 rings (SSSR count). The van der Waals surface area contributed by atoms with Crippen LogP contribution in [0.1, 0.15) is 43.4 Å². The zero-order chi connectivity index (χ0) is 19.0. The minimum Gasteiger partial charge on any atom is -0.444 e. The number of hydrogen-bond donors (Lipinski definition) is 1. The highest BCUT2D eigenvalue weighted by Crippen LogP contribution is 2.18. The van der Waals surface area contributed by atoms with Crippen molar-refractivity contribution in [3.8, 4) is 0 Å². The zero-order valence-corrected chi connectivity index (χ0v) is 17.1. The maximum absolute atomic E-state index is 12.7.